The summed E-state index contributed by atoms with van der Waals surface area (Å²) < 4.78 is 24.3. The summed E-state index contributed by atoms with van der Waals surface area (Å²) in [6.07, 6.45) is -0.0274. The number of ether oxygens (including phenoxy) is 4. The Labute approximate surface area is 224 Å². The highest BCUT2D eigenvalue weighted by atomic mass is 32.2. The summed E-state index contributed by atoms with van der Waals surface area (Å²) in [5.41, 5.74) is -0.0981. The van der Waals surface area contributed by atoms with Crippen LogP contribution in [-0.2, 0) is 38.1 Å². The van der Waals surface area contributed by atoms with Crippen molar-refractivity contribution in [3.8, 4) is 11.4 Å². The van der Waals surface area contributed by atoms with E-state index in [4.69, 9.17) is 18.9 Å². The molecule has 1 amide bonds. The van der Waals surface area contributed by atoms with E-state index in [1.807, 2.05) is 30.5 Å². The Hall–Kier alpha value is -3.52. The predicted molar refractivity (Wildman–Crippen MR) is 134 cm³/mol. The highest BCUT2D eigenvalue weighted by Crippen LogP contribution is 2.37. The standard InChI is InChI=1S/C24H31N5O8S/c1-12(2)29-22(17-7-9-25-10-8-17)27-28-24(29)38-23-19(26-13(3)30)21(36-16(6)33)20(35-15(5)32)18(37-23)11-34-14(4)31/h7-10,12,18-21,23H,11H2,1-6H3,(H,26,30). The topological polar surface area (TPSA) is 161 Å². The first-order valence-electron chi connectivity index (χ1n) is 11.9. The Bertz CT molecular complexity index is 1160. The van der Waals surface area contributed by atoms with Crippen LogP contribution in [0.15, 0.2) is 29.7 Å². The van der Waals surface area contributed by atoms with Gasteiger partial charge in [-0.2, -0.15) is 0 Å². The first-order valence-corrected chi connectivity index (χ1v) is 12.8. The van der Waals surface area contributed by atoms with E-state index >= 15 is 0 Å². The summed E-state index contributed by atoms with van der Waals surface area (Å²) in [5.74, 6) is -1.73. The van der Waals surface area contributed by atoms with Gasteiger partial charge in [-0.25, -0.2) is 0 Å². The van der Waals surface area contributed by atoms with Gasteiger partial charge in [0, 0.05) is 51.7 Å². The first kappa shape index (κ1) is 29.0. The van der Waals surface area contributed by atoms with Gasteiger partial charge < -0.3 is 24.3 Å². The second-order valence-electron chi connectivity index (χ2n) is 8.84. The van der Waals surface area contributed by atoms with Crippen molar-refractivity contribution in [2.24, 2.45) is 0 Å². The van der Waals surface area contributed by atoms with Crippen LogP contribution >= 0.6 is 11.8 Å². The lowest BCUT2D eigenvalue weighted by Crippen LogP contribution is -2.65. The van der Waals surface area contributed by atoms with Crippen molar-refractivity contribution in [2.45, 2.75) is 82.5 Å². The van der Waals surface area contributed by atoms with E-state index < -0.39 is 53.6 Å². The molecule has 1 aliphatic heterocycles. The van der Waals surface area contributed by atoms with Gasteiger partial charge in [-0.1, -0.05) is 11.8 Å². The van der Waals surface area contributed by atoms with Gasteiger partial charge in [0.25, 0.3) is 0 Å². The molecule has 3 rings (SSSR count). The Morgan fingerprint density at radius 2 is 1.63 bits per heavy atom. The van der Waals surface area contributed by atoms with Crippen LogP contribution < -0.4 is 5.32 Å². The Kier molecular flexibility index (Phi) is 9.80. The van der Waals surface area contributed by atoms with Crippen molar-refractivity contribution < 1.29 is 38.1 Å². The molecule has 0 aromatic carbocycles. The molecule has 1 N–H and O–H groups in total. The number of pyridine rings is 1. The molecule has 2 aromatic rings. The van der Waals surface area contributed by atoms with E-state index in [1.54, 1.807) is 12.4 Å². The Morgan fingerprint density at radius 3 is 2.18 bits per heavy atom. The molecule has 2 aromatic heterocycles. The summed E-state index contributed by atoms with van der Waals surface area (Å²) in [6, 6.07) is 2.60. The molecule has 3 heterocycles. The second kappa shape index (κ2) is 12.8. The maximum Gasteiger partial charge on any atom is 0.303 e. The number of nitrogens with one attached hydrogen (secondary N) is 1. The fourth-order valence-electron chi connectivity index (χ4n) is 4.02. The van der Waals surface area contributed by atoms with Gasteiger partial charge in [-0.15, -0.1) is 10.2 Å². The number of thioether (sulfide) groups is 1. The summed E-state index contributed by atoms with van der Waals surface area (Å²) >= 11 is 1.14. The number of carbonyl (C=O) groups excluding carboxylic acids is 4. The number of rotatable bonds is 9. The number of amides is 1. The van der Waals surface area contributed by atoms with Crippen molar-refractivity contribution in [1.82, 2.24) is 25.1 Å². The average Bonchev–Trinajstić information content (AvgIpc) is 3.25. The number of esters is 3. The van der Waals surface area contributed by atoms with Gasteiger partial charge in [0.2, 0.25) is 5.91 Å². The number of carbonyl (C=O) groups is 4. The van der Waals surface area contributed by atoms with Crippen LogP contribution in [-0.4, -0.2) is 80.0 Å². The van der Waals surface area contributed by atoms with E-state index in [1.165, 1.54) is 27.7 Å². The molecule has 0 radical (unpaired) electrons. The first-order chi connectivity index (χ1) is 18.0. The lowest BCUT2D eigenvalue weighted by Gasteiger charge is -2.44. The second-order valence-corrected chi connectivity index (χ2v) is 9.91. The molecule has 0 aliphatic carbocycles. The zero-order chi connectivity index (χ0) is 28.0. The van der Waals surface area contributed by atoms with Crippen molar-refractivity contribution in [2.75, 3.05) is 6.61 Å². The summed E-state index contributed by atoms with van der Waals surface area (Å²) in [5, 5.41) is 11.9. The van der Waals surface area contributed by atoms with Crippen LogP contribution in [0.25, 0.3) is 11.4 Å². The molecule has 1 aliphatic rings. The number of nitrogens with zero attached hydrogens (tertiary/aromatic N) is 4. The van der Waals surface area contributed by atoms with Crippen LogP contribution in [0, 0.1) is 0 Å². The van der Waals surface area contributed by atoms with Crippen LogP contribution in [0.5, 0.6) is 0 Å². The molecular weight excluding hydrogens is 518 g/mol. The molecule has 206 valence electrons. The SMILES string of the molecule is CC(=O)NC1C(Sc2nnc(-c3ccncc3)n2C(C)C)OC(COC(C)=O)C(OC(C)=O)C1OC(C)=O. The molecular formula is C24H31N5O8S. The molecule has 5 unspecified atom stereocenters. The van der Waals surface area contributed by atoms with Gasteiger partial charge in [0.15, 0.2) is 23.2 Å². The molecule has 1 fully saturated rings. The normalized spacial score (nSPS) is 23.0. The van der Waals surface area contributed by atoms with Gasteiger partial charge in [-0.3, -0.25) is 28.7 Å². The molecule has 0 saturated carbocycles. The predicted octanol–water partition coefficient (Wildman–Crippen LogP) is 1.67. The zero-order valence-electron chi connectivity index (χ0n) is 21.9. The molecule has 5 atom stereocenters. The fourth-order valence-corrected chi connectivity index (χ4v) is 5.29. The fraction of sp³-hybridized carbons (Fsp3) is 0.542. The minimum atomic E-state index is -1.17. The largest absolute Gasteiger partial charge is 0.463 e. The lowest BCUT2D eigenvalue weighted by molar-refractivity contribution is -0.211. The average molecular weight is 550 g/mol. The van der Waals surface area contributed by atoms with E-state index in [9.17, 15) is 19.2 Å². The van der Waals surface area contributed by atoms with E-state index in [2.05, 4.69) is 20.5 Å². The minimum absolute atomic E-state index is 0.0617. The molecule has 0 spiro atoms. The number of hydrogen-bond donors (Lipinski definition) is 1. The third kappa shape index (κ3) is 7.28. The monoisotopic (exact) mass is 549 g/mol. The molecule has 0 bridgehead atoms. The van der Waals surface area contributed by atoms with E-state index in [0.29, 0.717) is 11.0 Å². The minimum Gasteiger partial charge on any atom is -0.463 e. The van der Waals surface area contributed by atoms with Gasteiger partial charge >= 0.3 is 17.9 Å². The van der Waals surface area contributed by atoms with Crippen molar-refractivity contribution in [3.63, 3.8) is 0 Å². The van der Waals surface area contributed by atoms with Crippen LogP contribution in [0.2, 0.25) is 0 Å². The van der Waals surface area contributed by atoms with Crippen molar-refractivity contribution >= 4 is 35.6 Å². The Morgan fingerprint density at radius 1 is 1.00 bits per heavy atom. The maximum atomic E-state index is 12.2. The summed E-state index contributed by atoms with van der Waals surface area (Å²) in [7, 11) is 0. The highest BCUT2D eigenvalue weighted by molar-refractivity contribution is 7.99. The van der Waals surface area contributed by atoms with Crippen molar-refractivity contribution in [1.29, 1.82) is 0 Å². The van der Waals surface area contributed by atoms with Gasteiger partial charge in [0.05, 0.1) is 0 Å². The molecule has 13 nitrogen and oxygen atoms in total. The summed E-state index contributed by atoms with van der Waals surface area (Å²) in [6.45, 7) is 8.56. The van der Waals surface area contributed by atoms with Crippen molar-refractivity contribution in [3.05, 3.63) is 24.5 Å². The molecule has 1 saturated heterocycles. The van der Waals surface area contributed by atoms with E-state index in [-0.39, 0.29) is 12.6 Å². The van der Waals surface area contributed by atoms with Gasteiger partial charge in [-0.05, 0) is 26.0 Å². The lowest BCUT2D eigenvalue weighted by atomic mass is 9.97. The van der Waals surface area contributed by atoms with E-state index in [0.717, 1.165) is 17.3 Å². The van der Waals surface area contributed by atoms with Crippen LogP contribution in [0.3, 0.4) is 0 Å². The zero-order valence-corrected chi connectivity index (χ0v) is 22.8. The van der Waals surface area contributed by atoms with Crippen LogP contribution in [0.4, 0.5) is 0 Å². The Balaban J connectivity index is 2.05. The smallest absolute Gasteiger partial charge is 0.303 e. The third-order valence-corrected chi connectivity index (χ3v) is 6.54. The molecule has 38 heavy (non-hydrogen) atoms. The molecule has 14 heteroatoms. The highest BCUT2D eigenvalue weighted by Gasteiger charge is 2.51. The maximum absolute atomic E-state index is 12.2. The van der Waals surface area contributed by atoms with Gasteiger partial charge in [0.1, 0.15) is 24.2 Å². The number of aromatic nitrogens is 4. The van der Waals surface area contributed by atoms with Crippen LogP contribution in [0.1, 0.15) is 47.6 Å². The summed E-state index contributed by atoms with van der Waals surface area (Å²) in [4.78, 5) is 51.8. The third-order valence-electron chi connectivity index (χ3n) is 5.41. The number of hydrogen-bond acceptors (Lipinski definition) is 12. The quantitative estimate of drug-likeness (QED) is 0.356.